The highest BCUT2D eigenvalue weighted by molar-refractivity contribution is 5.89. The standard InChI is InChI=1S/C24H32N4O2/c1-26-13-5-6-20(18-26)19-27-14-16-28(17-15-27)24(29)25-21-9-11-23(12-10-21)30-22-7-3-2-4-8-22/h2-4,7-12,20H,5-6,13-19H2,1H3,(H,25,29). The summed E-state index contributed by atoms with van der Waals surface area (Å²) in [6.45, 7) is 7.05. The van der Waals surface area contributed by atoms with Gasteiger partial charge in [-0.1, -0.05) is 18.2 Å². The van der Waals surface area contributed by atoms with Crippen LogP contribution in [0.5, 0.6) is 11.5 Å². The smallest absolute Gasteiger partial charge is 0.321 e. The van der Waals surface area contributed by atoms with E-state index in [9.17, 15) is 4.79 Å². The van der Waals surface area contributed by atoms with Gasteiger partial charge in [-0.15, -0.1) is 0 Å². The number of amides is 2. The summed E-state index contributed by atoms with van der Waals surface area (Å²) >= 11 is 0. The van der Waals surface area contributed by atoms with Gasteiger partial charge in [0.15, 0.2) is 0 Å². The number of rotatable bonds is 5. The van der Waals surface area contributed by atoms with E-state index in [1.807, 2.05) is 59.5 Å². The van der Waals surface area contributed by atoms with Gasteiger partial charge in [0.25, 0.3) is 0 Å². The van der Waals surface area contributed by atoms with Gasteiger partial charge < -0.3 is 19.9 Å². The van der Waals surface area contributed by atoms with Crippen molar-refractivity contribution in [3.05, 3.63) is 54.6 Å². The van der Waals surface area contributed by atoms with Crippen LogP contribution in [0, 0.1) is 5.92 Å². The number of hydrogen-bond donors (Lipinski definition) is 1. The quantitative estimate of drug-likeness (QED) is 0.813. The minimum absolute atomic E-state index is 0.0243. The van der Waals surface area contributed by atoms with Crippen molar-refractivity contribution in [2.45, 2.75) is 12.8 Å². The summed E-state index contributed by atoms with van der Waals surface area (Å²) in [7, 11) is 2.22. The molecular weight excluding hydrogens is 376 g/mol. The van der Waals surface area contributed by atoms with Crippen LogP contribution in [0.1, 0.15) is 12.8 Å². The van der Waals surface area contributed by atoms with E-state index in [4.69, 9.17) is 4.74 Å². The third kappa shape index (κ3) is 5.74. The van der Waals surface area contributed by atoms with E-state index in [0.717, 1.165) is 55.8 Å². The largest absolute Gasteiger partial charge is 0.457 e. The number of anilines is 1. The van der Waals surface area contributed by atoms with Crippen molar-refractivity contribution in [3.8, 4) is 11.5 Å². The maximum absolute atomic E-state index is 12.6. The van der Waals surface area contributed by atoms with Crippen LogP contribution in [0.3, 0.4) is 0 Å². The first-order valence-electron chi connectivity index (χ1n) is 11.0. The molecule has 160 valence electrons. The van der Waals surface area contributed by atoms with E-state index in [-0.39, 0.29) is 6.03 Å². The fourth-order valence-electron chi connectivity index (χ4n) is 4.35. The van der Waals surface area contributed by atoms with Crippen LogP contribution < -0.4 is 10.1 Å². The Balaban J connectivity index is 1.22. The Bertz CT molecular complexity index is 804. The molecule has 4 rings (SSSR count). The molecule has 6 heteroatoms. The molecule has 0 bridgehead atoms. The number of piperazine rings is 1. The summed E-state index contributed by atoms with van der Waals surface area (Å²) in [5, 5.41) is 3.01. The zero-order chi connectivity index (χ0) is 20.8. The molecule has 2 aromatic carbocycles. The lowest BCUT2D eigenvalue weighted by Crippen LogP contribution is -2.51. The Hall–Kier alpha value is -2.57. The predicted molar refractivity (Wildman–Crippen MR) is 120 cm³/mol. The minimum atomic E-state index is -0.0243. The fourth-order valence-corrected chi connectivity index (χ4v) is 4.35. The molecule has 0 spiro atoms. The highest BCUT2D eigenvalue weighted by atomic mass is 16.5. The molecule has 2 saturated heterocycles. The van der Waals surface area contributed by atoms with Gasteiger partial charge in [-0.25, -0.2) is 4.79 Å². The summed E-state index contributed by atoms with van der Waals surface area (Å²) < 4.78 is 5.80. The second-order valence-corrected chi connectivity index (χ2v) is 8.43. The fraction of sp³-hybridized carbons (Fsp3) is 0.458. The molecule has 1 N–H and O–H groups in total. The highest BCUT2D eigenvalue weighted by Crippen LogP contribution is 2.23. The van der Waals surface area contributed by atoms with Gasteiger partial charge in [-0.2, -0.15) is 0 Å². The maximum atomic E-state index is 12.6. The van der Waals surface area contributed by atoms with Crippen LogP contribution in [0.25, 0.3) is 0 Å². The molecule has 0 aromatic heterocycles. The number of nitrogens with one attached hydrogen (secondary N) is 1. The van der Waals surface area contributed by atoms with Gasteiger partial charge in [0, 0.05) is 45.0 Å². The van der Waals surface area contributed by atoms with Gasteiger partial charge >= 0.3 is 6.03 Å². The van der Waals surface area contributed by atoms with E-state index >= 15 is 0 Å². The van der Waals surface area contributed by atoms with Crippen molar-refractivity contribution in [1.29, 1.82) is 0 Å². The molecule has 2 aromatic rings. The van der Waals surface area contributed by atoms with Crippen LogP contribution >= 0.6 is 0 Å². The average Bonchev–Trinajstić information content (AvgIpc) is 2.76. The number of benzene rings is 2. The van der Waals surface area contributed by atoms with E-state index in [1.165, 1.54) is 25.9 Å². The Morgan fingerprint density at radius 2 is 1.67 bits per heavy atom. The monoisotopic (exact) mass is 408 g/mol. The van der Waals surface area contributed by atoms with E-state index in [1.54, 1.807) is 0 Å². The second kappa shape index (κ2) is 9.96. The van der Waals surface area contributed by atoms with Gasteiger partial charge in [-0.3, -0.25) is 4.90 Å². The zero-order valence-electron chi connectivity index (χ0n) is 17.8. The van der Waals surface area contributed by atoms with Crippen molar-refractivity contribution >= 4 is 11.7 Å². The lowest BCUT2D eigenvalue weighted by molar-refractivity contribution is 0.109. The normalized spacial score (nSPS) is 20.7. The molecule has 2 heterocycles. The number of carbonyl (C=O) groups excluding carboxylic acids is 1. The van der Waals surface area contributed by atoms with Crippen molar-refractivity contribution in [2.24, 2.45) is 5.92 Å². The number of likely N-dealkylation sites (tertiary alicyclic amines) is 1. The van der Waals surface area contributed by atoms with E-state index < -0.39 is 0 Å². The van der Waals surface area contributed by atoms with E-state index in [0.29, 0.717) is 0 Å². The first-order chi connectivity index (χ1) is 14.7. The van der Waals surface area contributed by atoms with Gasteiger partial charge in [0.1, 0.15) is 11.5 Å². The molecule has 1 atom stereocenters. The Kier molecular flexibility index (Phi) is 6.87. The number of para-hydroxylation sites is 1. The first-order valence-corrected chi connectivity index (χ1v) is 11.0. The third-order valence-electron chi connectivity index (χ3n) is 5.98. The third-order valence-corrected chi connectivity index (χ3v) is 5.98. The topological polar surface area (TPSA) is 48.0 Å². The summed E-state index contributed by atoms with van der Waals surface area (Å²) in [5.41, 5.74) is 0.785. The summed E-state index contributed by atoms with van der Waals surface area (Å²) in [6, 6.07) is 17.2. The van der Waals surface area contributed by atoms with Gasteiger partial charge in [0.05, 0.1) is 0 Å². The Morgan fingerprint density at radius 3 is 2.37 bits per heavy atom. The van der Waals surface area contributed by atoms with Crippen LogP contribution in [0.4, 0.5) is 10.5 Å². The van der Waals surface area contributed by atoms with Crippen molar-refractivity contribution in [2.75, 3.05) is 58.2 Å². The van der Waals surface area contributed by atoms with Crippen LogP contribution in [-0.2, 0) is 0 Å². The Morgan fingerprint density at radius 1 is 0.967 bits per heavy atom. The number of piperidine rings is 1. The maximum Gasteiger partial charge on any atom is 0.321 e. The lowest BCUT2D eigenvalue weighted by Gasteiger charge is -2.38. The van der Waals surface area contributed by atoms with Crippen molar-refractivity contribution in [3.63, 3.8) is 0 Å². The first kappa shape index (κ1) is 20.7. The van der Waals surface area contributed by atoms with E-state index in [2.05, 4.69) is 22.2 Å². The summed E-state index contributed by atoms with van der Waals surface area (Å²) in [4.78, 5) is 19.5. The number of nitrogens with zero attached hydrogens (tertiary/aromatic N) is 3. The van der Waals surface area contributed by atoms with Crippen LogP contribution in [0.2, 0.25) is 0 Å². The van der Waals surface area contributed by atoms with Crippen molar-refractivity contribution < 1.29 is 9.53 Å². The summed E-state index contributed by atoms with van der Waals surface area (Å²) in [6.07, 6.45) is 2.63. The second-order valence-electron chi connectivity index (χ2n) is 8.43. The molecule has 30 heavy (non-hydrogen) atoms. The minimum Gasteiger partial charge on any atom is -0.457 e. The molecular formula is C24H32N4O2. The van der Waals surface area contributed by atoms with Gasteiger partial charge in [-0.05, 0) is 68.8 Å². The Labute approximate surface area is 179 Å². The molecule has 6 nitrogen and oxygen atoms in total. The predicted octanol–water partition coefficient (Wildman–Crippen LogP) is 3.97. The summed E-state index contributed by atoms with van der Waals surface area (Å²) in [5.74, 6) is 2.31. The molecule has 0 radical (unpaired) electrons. The number of hydrogen-bond acceptors (Lipinski definition) is 4. The van der Waals surface area contributed by atoms with Crippen molar-refractivity contribution in [1.82, 2.24) is 14.7 Å². The van der Waals surface area contributed by atoms with Crippen LogP contribution in [0.15, 0.2) is 54.6 Å². The molecule has 2 fully saturated rings. The molecule has 2 aliphatic rings. The highest BCUT2D eigenvalue weighted by Gasteiger charge is 2.25. The zero-order valence-corrected chi connectivity index (χ0v) is 17.8. The SMILES string of the molecule is CN1CCCC(CN2CCN(C(=O)Nc3ccc(Oc4ccccc4)cc3)CC2)C1. The number of urea groups is 1. The molecule has 2 amide bonds. The van der Waals surface area contributed by atoms with Crippen LogP contribution in [-0.4, -0.2) is 73.6 Å². The number of carbonyl (C=O) groups is 1. The molecule has 1 unspecified atom stereocenters. The molecule has 0 aliphatic carbocycles. The molecule has 0 saturated carbocycles. The lowest BCUT2D eigenvalue weighted by atomic mass is 9.97. The molecule has 2 aliphatic heterocycles. The average molecular weight is 409 g/mol. The number of ether oxygens (including phenoxy) is 1. The van der Waals surface area contributed by atoms with Gasteiger partial charge in [0.2, 0.25) is 0 Å².